The second kappa shape index (κ2) is 4.06. The first kappa shape index (κ1) is 9.61. The van der Waals surface area contributed by atoms with Gasteiger partial charge in [-0.2, -0.15) is 0 Å². The zero-order valence-electron chi connectivity index (χ0n) is 8.70. The maximum atomic E-state index is 4.15. The third-order valence-electron chi connectivity index (χ3n) is 2.81. The first-order chi connectivity index (χ1) is 6.81. The molecule has 1 aromatic rings. The van der Waals surface area contributed by atoms with Crippen molar-refractivity contribution in [2.24, 2.45) is 0 Å². The fourth-order valence-electron chi connectivity index (χ4n) is 1.68. The molecule has 1 saturated heterocycles. The summed E-state index contributed by atoms with van der Waals surface area (Å²) in [7, 11) is 1.93. The monoisotopic (exact) mass is 195 g/mol. The van der Waals surface area contributed by atoms with E-state index in [4.69, 9.17) is 0 Å². The summed E-state index contributed by atoms with van der Waals surface area (Å²) in [5.41, 5.74) is 1.01. The van der Waals surface area contributed by atoms with Gasteiger partial charge >= 0.3 is 0 Å². The number of nitrogens with one attached hydrogen (secondary N) is 2. The van der Waals surface area contributed by atoms with Crippen LogP contribution < -0.4 is 10.6 Å². The van der Waals surface area contributed by atoms with Gasteiger partial charge in [-0.15, -0.1) is 5.10 Å². The molecule has 0 amide bonds. The molecule has 0 aromatic carbocycles. The van der Waals surface area contributed by atoms with Crippen LogP contribution in [0.5, 0.6) is 0 Å². The number of aromatic nitrogens is 3. The van der Waals surface area contributed by atoms with Gasteiger partial charge in [0.25, 0.3) is 0 Å². The van der Waals surface area contributed by atoms with E-state index in [1.54, 1.807) is 0 Å². The van der Waals surface area contributed by atoms with Crippen LogP contribution in [0.4, 0.5) is 0 Å². The van der Waals surface area contributed by atoms with Gasteiger partial charge in [-0.3, -0.25) is 0 Å². The molecule has 0 aliphatic carbocycles. The smallest absolute Gasteiger partial charge is 0.0993 e. The largest absolute Gasteiger partial charge is 0.315 e. The van der Waals surface area contributed by atoms with Gasteiger partial charge in [-0.25, -0.2) is 4.68 Å². The molecule has 0 saturated carbocycles. The van der Waals surface area contributed by atoms with Gasteiger partial charge in [0.15, 0.2) is 0 Å². The van der Waals surface area contributed by atoms with Crippen molar-refractivity contribution in [2.75, 3.05) is 20.1 Å². The van der Waals surface area contributed by atoms with Gasteiger partial charge in [-0.1, -0.05) is 5.21 Å². The van der Waals surface area contributed by atoms with Gasteiger partial charge in [0.05, 0.1) is 17.9 Å². The molecule has 1 fully saturated rings. The normalized spacial score (nSPS) is 24.0. The fraction of sp³-hybridized carbons (Fsp3) is 0.778. The molecular weight excluding hydrogens is 178 g/mol. The van der Waals surface area contributed by atoms with Crippen LogP contribution in [-0.2, 0) is 0 Å². The highest BCUT2D eigenvalue weighted by molar-refractivity contribution is 4.99. The molecule has 0 spiro atoms. The molecule has 2 N–H and O–H groups in total. The lowest BCUT2D eigenvalue weighted by atomic mass is 10.2. The van der Waals surface area contributed by atoms with Crippen molar-refractivity contribution >= 4 is 0 Å². The van der Waals surface area contributed by atoms with E-state index in [2.05, 4.69) is 27.9 Å². The van der Waals surface area contributed by atoms with Crippen molar-refractivity contribution in [3.63, 3.8) is 0 Å². The van der Waals surface area contributed by atoms with E-state index in [1.165, 1.54) is 0 Å². The van der Waals surface area contributed by atoms with Crippen molar-refractivity contribution in [1.82, 2.24) is 25.6 Å². The Morgan fingerprint density at radius 1 is 1.71 bits per heavy atom. The highest BCUT2D eigenvalue weighted by atomic mass is 15.4. The molecule has 0 radical (unpaired) electrons. The Labute approximate surface area is 83.9 Å². The van der Waals surface area contributed by atoms with E-state index in [0.717, 1.165) is 25.2 Å². The van der Waals surface area contributed by atoms with E-state index in [1.807, 2.05) is 17.9 Å². The second-order valence-electron chi connectivity index (χ2n) is 3.78. The highest BCUT2D eigenvalue weighted by Gasteiger charge is 2.18. The lowest BCUT2D eigenvalue weighted by Gasteiger charge is -2.07. The van der Waals surface area contributed by atoms with Crippen LogP contribution in [0.3, 0.4) is 0 Å². The summed E-state index contributed by atoms with van der Waals surface area (Å²) < 4.78 is 1.98. The van der Waals surface area contributed by atoms with Crippen molar-refractivity contribution < 1.29 is 0 Å². The van der Waals surface area contributed by atoms with Crippen LogP contribution in [0.1, 0.15) is 31.1 Å². The minimum Gasteiger partial charge on any atom is -0.315 e. The summed E-state index contributed by atoms with van der Waals surface area (Å²) in [6.45, 7) is 4.18. The molecule has 1 aromatic heterocycles. The Kier molecular flexibility index (Phi) is 2.79. The van der Waals surface area contributed by atoms with E-state index < -0.39 is 0 Å². The van der Waals surface area contributed by atoms with Crippen molar-refractivity contribution in [1.29, 1.82) is 0 Å². The predicted molar refractivity (Wildman–Crippen MR) is 54.0 cm³/mol. The average Bonchev–Trinajstić information content (AvgIpc) is 2.86. The van der Waals surface area contributed by atoms with E-state index in [9.17, 15) is 0 Å². The third-order valence-corrected chi connectivity index (χ3v) is 2.81. The van der Waals surface area contributed by atoms with Gasteiger partial charge < -0.3 is 10.6 Å². The van der Waals surface area contributed by atoms with Crippen LogP contribution in [0.25, 0.3) is 0 Å². The summed E-state index contributed by atoms with van der Waals surface area (Å²) in [6.07, 6.45) is 3.19. The average molecular weight is 195 g/mol. The second-order valence-corrected chi connectivity index (χ2v) is 3.78. The minimum atomic E-state index is 0.276. The summed E-state index contributed by atoms with van der Waals surface area (Å²) in [6, 6.07) is 0.762. The first-order valence-corrected chi connectivity index (χ1v) is 5.11. The van der Waals surface area contributed by atoms with Gasteiger partial charge in [0.2, 0.25) is 0 Å². The third kappa shape index (κ3) is 1.78. The Morgan fingerprint density at radius 3 is 3.21 bits per heavy atom. The van der Waals surface area contributed by atoms with Gasteiger partial charge in [-0.05, 0) is 26.9 Å². The van der Waals surface area contributed by atoms with E-state index in [-0.39, 0.29) is 6.04 Å². The number of rotatable bonds is 3. The molecule has 14 heavy (non-hydrogen) atoms. The topological polar surface area (TPSA) is 54.8 Å². The summed E-state index contributed by atoms with van der Waals surface area (Å²) in [5, 5.41) is 14.8. The molecule has 2 heterocycles. The van der Waals surface area contributed by atoms with Crippen LogP contribution in [0, 0.1) is 0 Å². The minimum absolute atomic E-state index is 0.276. The van der Waals surface area contributed by atoms with Crippen molar-refractivity contribution in [3.8, 4) is 0 Å². The molecule has 78 valence electrons. The zero-order valence-corrected chi connectivity index (χ0v) is 8.70. The molecule has 1 aliphatic rings. The fourth-order valence-corrected chi connectivity index (χ4v) is 1.68. The Hall–Kier alpha value is -0.940. The van der Waals surface area contributed by atoms with Gasteiger partial charge in [0, 0.05) is 12.6 Å². The molecule has 5 heteroatoms. The summed E-state index contributed by atoms with van der Waals surface area (Å²) >= 11 is 0. The predicted octanol–water partition coefficient (Wildman–Crippen LogP) is 0.0929. The maximum Gasteiger partial charge on any atom is 0.0993 e. The van der Waals surface area contributed by atoms with Crippen LogP contribution in [0.15, 0.2) is 6.20 Å². The Morgan fingerprint density at radius 2 is 2.57 bits per heavy atom. The van der Waals surface area contributed by atoms with Crippen LogP contribution in [-0.4, -0.2) is 35.1 Å². The number of nitrogens with zero attached hydrogens (tertiary/aromatic N) is 3. The highest BCUT2D eigenvalue weighted by Crippen LogP contribution is 2.15. The molecule has 5 nitrogen and oxygen atoms in total. The SMILES string of the molecule is CN[C@H](C)c1cn([C@@H]2CCNC2)nn1. The summed E-state index contributed by atoms with van der Waals surface area (Å²) in [4.78, 5) is 0. The molecule has 0 unspecified atom stereocenters. The van der Waals surface area contributed by atoms with Gasteiger partial charge in [0.1, 0.15) is 0 Å². The Balaban J connectivity index is 2.08. The lowest BCUT2D eigenvalue weighted by molar-refractivity contribution is 0.476. The van der Waals surface area contributed by atoms with E-state index >= 15 is 0 Å². The quantitative estimate of drug-likeness (QED) is 0.718. The van der Waals surface area contributed by atoms with Crippen molar-refractivity contribution in [3.05, 3.63) is 11.9 Å². The Bertz CT molecular complexity index is 289. The number of hydrogen-bond donors (Lipinski definition) is 2. The number of hydrogen-bond acceptors (Lipinski definition) is 4. The van der Waals surface area contributed by atoms with Crippen LogP contribution >= 0.6 is 0 Å². The molecule has 2 rings (SSSR count). The molecule has 2 atom stereocenters. The van der Waals surface area contributed by atoms with Crippen molar-refractivity contribution in [2.45, 2.75) is 25.4 Å². The summed E-state index contributed by atoms with van der Waals surface area (Å²) in [5.74, 6) is 0. The molecule has 1 aliphatic heterocycles. The van der Waals surface area contributed by atoms with E-state index in [0.29, 0.717) is 6.04 Å². The standard InChI is InChI=1S/C9H17N5/c1-7(10-2)9-6-14(13-12-9)8-3-4-11-5-8/h6-8,10-11H,3-5H2,1-2H3/t7-,8-/m1/s1. The van der Waals surface area contributed by atoms with Crippen LogP contribution in [0.2, 0.25) is 0 Å². The maximum absolute atomic E-state index is 4.15. The lowest BCUT2D eigenvalue weighted by Crippen LogP contribution is -2.14. The molecular formula is C9H17N5. The first-order valence-electron chi connectivity index (χ1n) is 5.11. The molecule has 0 bridgehead atoms. The zero-order chi connectivity index (χ0) is 9.97.